The van der Waals surface area contributed by atoms with Crippen LogP contribution in [-0.4, -0.2) is 73.7 Å². The number of hydrogen-bond donors (Lipinski definition) is 1. The van der Waals surface area contributed by atoms with E-state index in [0.29, 0.717) is 78.5 Å². The predicted octanol–water partition coefficient (Wildman–Crippen LogP) is 9.54. The van der Waals surface area contributed by atoms with Gasteiger partial charge in [0.15, 0.2) is 5.78 Å². The van der Waals surface area contributed by atoms with E-state index in [1.165, 1.54) is 17.2 Å². The smallest absolute Gasteiger partial charge is 0.159 e. The molecule has 0 saturated heterocycles. The van der Waals surface area contributed by atoms with Gasteiger partial charge in [-0.25, -0.2) is 9.97 Å². The molecule has 0 saturated carbocycles. The summed E-state index contributed by atoms with van der Waals surface area (Å²) >= 11 is 0. The van der Waals surface area contributed by atoms with Crippen molar-refractivity contribution in [3.63, 3.8) is 0 Å². The molecule has 6 aromatic rings. The molecule has 6 rings (SSSR count). The molecule has 0 aliphatic rings. The third-order valence-corrected chi connectivity index (χ3v) is 9.28. The number of carbonyl (C=O) groups excluding carboxylic acids is 1. The van der Waals surface area contributed by atoms with E-state index in [1.54, 1.807) is 0 Å². The molecule has 0 fully saturated rings. The van der Waals surface area contributed by atoms with Crippen molar-refractivity contribution >= 4 is 27.6 Å². The highest BCUT2D eigenvalue weighted by atomic mass is 16.5. The van der Waals surface area contributed by atoms with Crippen LogP contribution in [0.3, 0.4) is 0 Å². The molecule has 0 amide bonds. The molecule has 0 aliphatic heterocycles. The molecule has 0 spiro atoms. The lowest BCUT2D eigenvalue weighted by atomic mass is 10.0. The van der Waals surface area contributed by atoms with Crippen LogP contribution in [0, 0.1) is 0 Å². The Bertz CT molecular complexity index is 2120. The Morgan fingerprint density at radius 1 is 0.509 bits per heavy atom. The van der Waals surface area contributed by atoms with Gasteiger partial charge in [-0.3, -0.25) is 4.79 Å². The minimum atomic E-state index is -0.107. The molecule has 1 N–H and O–H groups in total. The Balaban J connectivity index is 0.781. The van der Waals surface area contributed by atoms with Gasteiger partial charge in [-0.2, -0.15) is 0 Å². The predicted molar refractivity (Wildman–Crippen MR) is 219 cm³/mol. The fraction of sp³-hybridized carbons (Fsp3) is 0.298. The van der Waals surface area contributed by atoms with Gasteiger partial charge in [-0.15, -0.1) is 0 Å². The SMILES string of the molecule is O=C(C=C(O)CCCOCCOCCc1cc(-c2ccccc2)nc2ccccc12)CCCOCCOCCc1cc(-c2ccccc2)nc2ccccc12. The third-order valence-electron chi connectivity index (χ3n) is 9.28. The van der Waals surface area contributed by atoms with Crippen molar-refractivity contribution in [1.82, 2.24) is 9.97 Å². The number of nitrogens with zero attached hydrogens (tertiary/aromatic N) is 2. The number of ketones is 1. The van der Waals surface area contributed by atoms with Crippen LogP contribution in [0.15, 0.2) is 133 Å². The standard InChI is InChI=1S/C47H50N2O6/c50-40(17-11-25-52-29-31-54-27-23-38-33-46(36-13-3-1-4-14-36)48-44-21-9-7-19-42(38)44)35-41(51)18-12-26-53-30-32-55-28-24-39-34-47(37-15-5-2-6-16-37)49-45-22-10-8-20-43(39)45/h1-10,13-16,19-22,33-35,50H,11-12,17-18,23-32H2. The fourth-order valence-electron chi connectivity index (χ4n) is 6.46. The summed E-state index contributed by atoms with van der Waals surface area (Å²) in [6.45, 7) is 4.00. The van der Waals surface area contributed by atoms with Crippen molar-refractivity contribution in [2.45, 2.75) is 38.5 Å². The number of ether oxygens (including phenoxy) is 4. The van der Waals surface area contributed by atoms with Crippen LogP contribution < -0.4 is 0 Å². The molecule has 8 heteroatoms. The maximum atomic E-state index is 12.3. The zero-order valence-corrected chi connectivity index (χ0v) is 31.4. The highest BCUT2D eigenvalue weighted by molar-refractivity contribution is 5.90. The van der Waals surface area contributed by atoms with E-state index in [9.17, 15) is 9.90 Å². The number of pyridine rings is 2. The summed E-state index contributed by atoms with van der Waals surface area (Å²) in [5.74, 6) is -0.0273. The molecule has 2 aromatic heterocycles. The maximum Gasteiger partial charge on any atom is 0.159 e. The summed E-state index contributed by atoms with van der Waals surface area (Å²) in [4.78, 5) is 22.0. The molecule has 0 radical (unpaired) electrons. The lowest BCUT2D eigenvalue weighted by Gasteiger charge is -2.11. The molecule has 0 atom stereocenters. The Kier molecular flexibility index (Phi) is 15.5. The first-order valence-corrected chi connectivity index (χ1v) is 19.3. The van der Waals surface area contributed by atoms with Crippen LogP contribution >= 0.6 is 0 Å². The number of aliphatic hydroxyl groups excluding tert-OH is 1. The van der Waals surface area contributed by atoms with Gasteiger partial charge in [-0.05, 0) is 61.1 Å². The fourth-order valence-corrected chi connectivity index (χ4v) is 6.46. The number of aliphatic hydroxyl groups is 1. The van der Waals surface area contributed by atoms with Crippen LogP contribution in [0.1, 0.15) is 36.8 Å². The van der Waals surface area contributed by atoms with Gasteiger partial charge in [0.1, 0.15) is 0 Å². The van der Waals surface area contributed by atoms with Crippen molar-refractivity contribution in [3.05, 3.63) is 144 Å². The summed E-state index contributed by atoms with van der Waals surface area (Å²) in [5, 5.41) is 12.5. The number of aromatic nitrogens is 2. The first-order valence-electron chi connectivity index (χ1n) is 19.3. The van der Waals surface area contributed by atoms with E-state index in [1.807, 2.05) is 72.8 Å². The number of hydrogen-bond acceptors (Lipinski definition) is 8. The minimum absolute atomic E-state index is 0.0801. The summed E-state index contributed by atoms with van der Waals surface area (Å²) in [7, 11) is 0. The summed E-state index contributed by atoms with van der Waals surface area (Å²) in [6, 6.07) is 41.1. The molecule has 55 heavy (non-hydrogen) atoms. The van der Waals surface area contributed by atoms with Crippen molar-refractivity contribution in [1.29, 1.82) is 0 Å². The van der Waals surface area contributed by atoms with Gasteiger partial charge in [0.25, 0.3) is 0 Å². The third kappa shape index (κ3) is 12.4. The molecule has 0 unspecified atom stereocenters. The molecule has 0 bridgehead atoms. The van der Waals surface area contributed by atoms with Crippen LogP contribution in [0.4, 0.5) is 0 Å². The first-order chi connectivity index (χ1) is 27.1. The average Bonchev–Trinajstić information content (AvgIpc) is 3.22. The second-order valence-electron chi connectivity index (χ2n) is 13.4. The van der Waals surface area contributed by atoms with Crippen molar-refractivity contribution < 1.29 is 28.8 Å². The van der Waals surface area contributed by atoms with Gasteiger partial charge in [0.05, 0.1) is 67.8 Å². The number of para-hydroxylation sites is 2. The second kappa shape index (κ2) is 21.6. The Morgan fingerprint density at radius 3 is 1.42 bits per heavy atom. The normalized spacial score (nSPS) is 11.7. The van der Waals surface area contributed by atoms with Gasteiger partial charge >= 0.3 is 0 Å². The lowest BCUT2D eigenvalue weighted by molar-refractivity contribution is -0.115. The van der Waals surface area contributed by atoms with Crippen LogP contribution in [0.2, 0.25) is 0 Å². The van der Waals surface area contributed by atoms with Crippen molar-refractivity contribution in [2.24, 2.45) is 0 Å². The molecule has 0 aliphatic carbocycles. The summed E-state index contributed by atoms with van der Waals surface area (Å²) in [5.41, 5.74) is 8.49. The minimum Gasteiger partial charge on any atom is -0.512 e. The van der Waals surface area contributed by atoms with Gasteiger partial charge in [0.2, 0.25) is 0 Å². The average molecular weight is 739 g/mol. The van der Waals surface area contributed by atoms with E-state index in [-0.39, 0.29) is 11.5 Å². The van der Waals surface area contributed by atoms with E-state index in [2.05, 4.69) is 48.5 Å². The molecular formula is C47H50N2O6. The molecule has 284 valence electrons. The number of allylic oxidation sites excluding steroid dienone is 2. The highest BCUT2D eigenvalue weighted by Crippen LogP contribution is 2.26. The molecular weight excluding hydrogens is 689 g/mol. The van der Waals surface area contributed by atoms with E-state index in [0.717, 1.165) is 57.2 Å². The second-order valence-corrected chi connectivity index (χ2v) is 13.4. The van der Waals surface area contributed by atoms with Gasteiger partial charge in [-0.1, -0.05) is 97.1 Å². The highest BCUT2D eigenvalue weighted by Gasteiger charge is 2.10. The number of carbonyl (C=O) groups is 1. The summed E-state index contributed by atoms with van der Waals surface area (Å²) in [6.07, 6.45) is 4.79. The van der Waals surface area contributed by atoms with Crippen LogP contribution in [0.25, 0.3) is 44.3 Å². The quantitative estimate of drug-likeness (QED) is 0.0394. The van der Waals surface area contributed by atoms with Gasteiger partial charge in [0, 0.05) is 54.0 Å². The Hall–Kier alpha value is -5.25. The zero-order chi connectivity index (χ0) is 37.9. The first kappa shape index (κ1) is 39.4. The van der Waals surface area contributed by atoms with Gasteiger partial charge < -0.3 is 24.1 Å². The van der Waals surface area contributed by atoms with E-state index in [4.69, 9.17) is 28.9 Å². The largest absolute Gasteiger partial charge is 0.512 e. The number of rotatable bonds is 23. The number of fused-ring (bicyclic) bond motifs is 2. The molecule has 4 aromatic carbocycles. The topological polar surface area (TPSA) is 100 Å². The van der Waals surface area contributed by atoms with Crippen LogP contribution in [0.5, 0.6) is 0 Å². The zero-order valence-electron chi connectivity index (χ0n) is 31.4. The van der Waals surface area contributed by atoms with E-state index >= 15 is 0 Å². The van der Waals surface area contributed by atoms with Crippen molar-refractivity contribution in [2.75, 3.05) is 52.9 Å². The lowest BCUT2D eigenvalue weighted by Crippen LogP contribution is -2.09. The Labute approximate surface area is 323 Å². The van der Waals surface area contributed by atoms with E-state index < -0.39 is 0 Å². The van der Waals surface area contributed by atoms with Crippen molar-refractivity contribution in [3.8, 4) is 22.5 Å². The maximum absolute atomic E-state index is 12.3. The Morgan fingerprint density at radius 2 is 0.927 bits per heavy atom. The summed E-state index contributed by atoms with van der Waals surface area (Å²) < 4.78 is 23.1. The monoisotopic (exact) mass is 738 g/mol. The molecule has 8 nitrogen and oxygen atoms in total. The van der Waals surface area contributed by atoms with Crippen LogP contribution in [-0.2, 0) is 36.6 Å². The number of benzene rings is 4. The molecule has 2 heterocycles.